The van der Waals surface area contributed by atoms with Gasteiger partial charge in [0.05, 0.1) is 0 Å². The van der Waals surface area contributed by atoms with Crippen LogP contribution in [0.1, 0.15) is 12.8 Å². The van der Waals surface area contributed by atoms with Gasteiger partial charge >= 0.3 is 6.03 Å². The van der Waals surface area contributed by atoms with Crippen LogP contribution >= 0.6 is 11.3 Å². The Hall–Kier alpha value is -1.83. The summed E-state index contributed by atoms with van der Waals surface area (Å²) >= 11 is 1.63. The second kappa shape index (κ2) is 6.51. The molecular weight excluding hydrogens is 302 g/mol. The maximum Gasteiger partial charge on any atom is 0.314 e. The number of aromatic nitrogens is 1. The summed E-state index contributed by atoms with van der Waals surface area (Å²) in [6.45, 7) is 4.33. The first-order chi connectivity index (χ1) is 10.6. The fourth-order valence-corrected chi connectivity index (χ4v) is 3.79. The number of nitrogens with two attached hydrogens (primary N) is 1. The van der Waals surface area contributed by atoms with Gasteiger partial charge < -0.3 is 20.4 Å². The minimum atomic E-state index is -0.386. The van der Waals surface area contributed by atoms with Gasteiger partial charge in [0.1, 0.15) is 0 Å². The van der Waals surface area contributed by atoms with Crippen LogP contribution < -0.4 is 10.6 Å². The maximum atomic E-state index is 12.6. The van der Waals surface area contributed by atoms with Crippen molar-refractivity contribution in [2.45, 2.75) is 12.8 Å². The number of amides is 3. The van der Waals surface area contributed by atoms with Gasteiger partial charge in [0.25, 0.3) is 0 Å². The van der Waals surface area contributed by atoms with E-state index >= 15 is 0 Å². The van der Waals surface area contributed by atoms with Gasteiger partial charge in [-0.1, -0.05) is 0 Å². The summed E-state index contributed by atoms with van der Waals surface area (Å²) in [6.07, 6.45) is 3.24. The second-order valence-electron chi connectivity index (χ2n) is 5.73. The van der Waals surface area contributed by atoms with E-state index in [9.17, 15) is 9.59 Å². The quantitative estimate of drug-likeness (QED) is 0.863. The summed E-state index contributed by atoms with van der Waals surface area (Å²) in [6, 6.07) is -0.386. The van der Waals surface area contributed by atoms with E-state index in [2.05, 4.69) is 9.88 Å². The Kier molecular flexibility index (Phi) is 4.47. The normalized spacial score (nSPS) is 20.3. The summed E-state index contributed by atoms with van der Waals surface area (Å²) in [5.41, 5.74) is 5.27. The number of nitrogens with zero attached hydrogens (tertiary/aromatic N) is 4. The summed E-state index contributed by atoms with van der Waals surface area (Å²) in [7, 11) is 0. The highest BCUT2D eigenvalue weighted by Crippen LogP contribution is 2.22. The molecule has 2 aliphatic rings. The summed E-state index contributed by atoms with van der Waals surface area (Å²) < 4.78 is 0. The monoisotopic (exact) mass is 323 g/mol. The van der Waals surface area contributed by atoms with E-state index < -0.39 is 0 Å². The summed E-state index contributed by atoms with van der Waals surface area (Å²) in [5.74, 6) is 0.255. The number of primary amides is 1. The Balaban J connectivity index is 1.49. The van der Waals surface area contributed by atoms with Gasteiger partial charge in [-0.05, 0) is 12.8 Å². The number of carbonyl (C=O) groups excluding carboxylic acids is 2. The highest BCUT2D eigenvalue weighted by Gasteiger charge is 2.31. The number of carbonyl (C=O) groups is 2. The molecule has 0 spiro atoms. The van der Waals surface area contributed by atoms with Gasteiger partial charge in [0, 0.05) is 56.8 Å². The zero-order valence-electron chi connectivity index (χ0n) is 12.5. The number of urea groups is 1. The Morgan fingerprint density at radius 3 is 2.32 bits per heavy atom. The molecule has 22 heavy (non-hydrogen) atoms. The fourth-order valence-electron chi connectivity index (χ4n) is 3.10. The van der Waals surface area contributed by atoms with Gasteiger partial charge in [0.15, 0.2) is 5.13 Å². The van der Waals surface area contributed by atoms with Crippen LogP contribution in [0.2, 0.25) is 0 Å². The van der Waals surface area contributed by atoms with Crippen LogP contribution in [0.5, 0.6) is 0 Å². The molecule has 0 bridgehead atoms. The molecular formula is C14H21N5O2S. The van der Waals surface area contributed by atoms with E-state index in [1.54, 1.807) is 16.2 Å². The Labute approximate surface area is 133 Å². The first-order valence-corrected chi connectivity index (χ1v) is 8.50. The molecule has 3 rings (SSSR count). The molecule has 3 amide bonds. The Morgan fingerprint density at radius 1 is 1.09 bits per heavy atom. The third-order valence-corrected chi connectivity index (χ3v) is 5.27. The number of piperidine rings is 1. The number of hydrogen-bond donors (Lipinski definition) is 1. The van der Waals surface area contributed by atoms with E-state index in [1.165, 1.54) is 0 Å². The first kappa shape index (κ1) is 15.1. The van der Waals surface area contributed by atoms with Crippen LogP contribution in [-0.4, -0.2) is 66.0 Å². The highest BCUT2D eigenvalue weighted by atomic mass is 32.1. The van der Waals surface area contributed by atoms with Gasteiger partial charge in [-0.2, -0.15) is 0 Å². The van der Waals surface area contributed by atoms with Crippen LogP contribution in [-0.2, 0) is 4.79 Å². The molecule has 120 valence electrons. The van der Waals surface area contributed by atoms with Crippen LogP contribution in [0.25, 0.3) is 0 Å². The molecule has 0 atom stereocenters. The maximum absolute atomic E-state index is 12.6. The molecule has 0 radical (unpaired) electrons. The van der Waals surface area contributed by atoms with Crippen LogP contribution in [0, 0.1) is 5.92 Å². The lowest BCUT2D eigenvalue weighted by Crippen LogP contribution is -2.52. The number of rotatable bonds is 2. The van der Waals surface area contributed by atoms with Crippen molar-refractivity contribution in [3.63, 3.8) is 0 Å². The lowest BCUT2D eigenvalue weighted by atomic mass is 9.95. The van der Waals surface area contributed by atoms with Crippen molar-refractivity contribution in [3.05, 3.63) is 11.6 Å². The van der Waals surface area contributed by atoms with Crippen molar-refractivity contribution >= 4 is 28.4 Å². The lowest BCUT2D eigenvalue weighted by molar-refractivity contribution is -0.137. The van der Waals surface area contributed by atoms with Crippen molar-refractivity contribution in [2.24, 2.45) is 11.7 Å². The minimum absolute atomic E-state index is 0.0296. The number of likely N-dealkylation sites (tertiary alicyclic amines) is 1. The topological polar surface area (TPSA) is 82.8 Å². The fraction of sp³-hybridized carbons (Fsp3) is 0.643. The van der Waals surface area contributed by atoms with E-state index in [0.29, 0.717) is 25.9 Å². The van der Waals surface area contributed by atoms with Gasteiger partial charge in [-0.3, -0.25) is 4.79 Å². The number of anilines is 1. The van der Waals surface area contributed by atoms with E-state index in [1.807, 2.05) is 16.5 Å². The van der Waals surface area contributed by atoms with E-state index in [-0.39, 0.29) is 17.9 Å². The summed E-state index contributed by atoms with van der Waals surface area (Å²) in [5, 5.41) is 3.00. The zero-order chi connectivity index (χ0) is 15.5. The molecule has 0 aliphatic carbocycles. The average molecular weight is 323 g/mol. The second-order valence-corrected chi connectivity index (χ2v) is 6.60. The molecule has 7 nitrogen and oxygen atoms in total. The Bertz CT molecular complexity index is 519. The smallest absolute Gasteiger partial charge is 0.314 e. The molecule has 2 saturated heterocycles. The van der Waals surface area contributed by atoms with Crippen LogP contribution in [0.4, 0.5) is 9.93 Å². The molecule has 1 aromatic heterocycles. The predicted octanol–water partition coefficient (Wildman–Crippen LogP) is 0.582. The number of thiazole rings is 1. The standard InChI is InChI=1S/C14H21N5O2S/c15-13(21)18-4-1-11(2-5-18)12(20)17-6-8-19(9-7-17)14-16-3-10-22-14/h3,10-11H,1-2,4-9H2,(H2,15,21). The molecule has 2 N–H and O–H groups in total. The molecule has 2 fully saturated rings. The molecule has 1 aromatic rings. The molecule has 0 unspecified atom stereocenters. The van der Waals surface area contributed by atoms with Crippen molar-refractivity contribution < 1.29 is 9.59 Å². The summed E-state index contributed by atoms with van der Waals surface area (Å²) in [4.78, 5) is 33.8. The minimum Gasteiger partial charge on any atom is -0.351 e. The van der Waals surface area contributed by atoms with Crippen LogP contribution in [0.15, 0.2) is 11.6 Å². The van der Waals surface area contributed by atoms with Gasteiger partial charge in [0.2, 0.25) is 5.91 Å². The highest BCUT2D eigenvalue weighted by molar-refractivity contribution is 7.13. The molecule has 0 saturated carbocycles. The predicted molar refractivity (Wildman–Crippen MR) is 84.8 cm³/mol. The van der Waals surface area contributed by atoms with E-state index in [4.69, 9.17) is 5.73 Å². The Morgan fingerprint density at radius 2 is 1.77 bits per heavy atom. The molecule has 3 heterocycles. The third-order valence-electron chi connectivity index (χ3n) is 4.44. The number of piperazine rings is 1. The van der Waals surface area contributed by atoms with E-state index in [0.717, 1.165) is 31.3 Å². The van der Waals surface area contributed by atoms with Gasteiger partial charge in [-0.25, -0.2) is 9.78 Å². The molecule has 8 heteroatoms. The van der Waals surface area contributed by atoms with Crippen molar-refractivity contribution in [1.82, 2.24) is 14.8 Å². The van der Waals surface area contributed by atoms with Crippen molar-refractivity contribution in [3.8, 4) is 0 Å². The largest absolute Gasteiger partial charge is 0.351 e. The zero-order valence-corrected chi connectivity index (χ0v) is 13.3. The molecule has 2 aliphatic heterocycles. The number of hydrogen-bond acceptors (Lipinski definition) is 5. The lowest BCUT2D eigenvalue weighted by Gasteiger charge is -2.38. The van der Waals surface area contributed by atoms with Crippen molar-refractivity contribution in [1.29, 1.82) is 0 Å². The third kappa shape index (κ3) is 3.16. The van der Waals surface area contributed by atoms with Crippen LogP contribution in [0.3, 0.4) is 0 Å². The average Bonchev–Trinajstić information content (AvgIpc) is 3.09. The first-order valence-electron chi connectivity index (χ1n) is 7.63. The van der Waals surface area contributed by atoms with Crippen molar-refractivity contribution in [2.75, 3.05) is 44.2 Å². The SMILES string of the molecule is NC(=O)N1CCC(C(=O)N2CCN(c3nccs3)CC2)CC1. The molecule has 0 aromatic carbocycles. The van der Waals surface area contributed by atoms with Gasteiger partial charge in [-0.15, -0.1) is 11.3 Å².